The average molecular weight is 166 g/mol. The normalized spacial score (nSPS) is 39.2. The third-order valence-corrected chi connectivity index (χ3v) is 3.41. The van der Waals surface area contributed by atoms with Gasteiger partial charge in [-0.3, -0.25) is 0 Å². The Morgan fingerprint density at radius 1 is 1.67 bits per heavy atom. The van der Waals surface area contributed by atoms with E-state index in [0.29, 0.717) is 12.0 Å². The molecule has 2 atom stereocenters. The van der Waals surface area contributed by atoms with Crippen LogP contribution >= 0.6 is 0 Å². The molecular weight excluding hydrogens is 152 g/mol. The minimum absolute atomic E-state index is 0.326. The first-order valence-electron chi connectivity index (χ1n) is 4.59. The Labute approximate surface area is 72.0 Å². The van der Waals surface area contributed by atoms with Gasteiger partial charge < -0.3 is 5.32 Å². The van der Waals surface area contributed by atoms with Crippen molar-refractivity contribution in [3.63, 3.8) is 0 Å². The molecule has 66 valence electrons. The fourth-order valence-corrected chi connectivity index (χ4v) is 2.69. The summed E-state index contributed by atoms with van der Waals surface area (Å²) < 4.78 is 0. The zero-order valence-corrected chi connectivity index (χ0v) is 7.16. The number of nitrogens with one attached hydrogen (secondary N) is 1. The summed E-state index contributed by atoms with van der Waals surface area (Å²) in [7, 11) is 0. The zero-order valence-electron chi connectivity index (χ0n) is 7.16. The van der Waals surface area contributed by atoms with E-state index in [4.69, 9.17) is 5.53 Å². The van der Waals surface area contributed by atoms with E-state index < -0.39 is 0 Å². The van der Waals surface area contributed by atoms with Crippen molar-refractivity contribution in [2.45, 2.75) is 19.3 Å². The lowest BCUT2D eigenvalue weighted by atomic mass is 9.81. The second-order valence-electron chi connectivity index (χ2n) is 3.97. The first-order chi connectivity index (χ1) is 5.87. The molecule has 1 N–H and O–H groups in total. The van der Waals surface area contributed by atoms with Crippen molar-refractivity contribution >= 4 is 0 Å². The molecule has 0 bridgehead atoms. The van der Waals surface area contributed by atoms with Gasteiger partial charge in [0.1, 0.15) is 0 Å². The molecule has 1 saturated carbocycles. The quantitative estimate of drug-likeness (QED) is 0.378. The van der Waals surface area contributed by atoms with E-state index in [0.717, 1.165) is 19.0 Å². The van der Waals surface area contributed by atoms with Crippen molar-refractivity contribution in [1.29, 1.82) is 0 Å². The molecule has 12 heavy (non-hydrogen) atoms. The first kappa shape index (κ1) is 7.90. The topological polar surface area (TPSA) is 60.8 Å². The van der Waals surface area contributed by atoms with Gasteiger partial charge in [0.15, 0.2) is 0 Å². The number of hydrogen-bond acceptors (Lipinski definition) is 2. The third-order valence-electron chi connectivity index (χ3n) is 3.41. The lowest BCUT2D eigenvalue weighted by Gasteiger charge is -2.25. The molecule has 0 radical (unpaired) electrons. The predicted octanol–water partition coefficient (Wildman–Crippen LogP) is 1.69. The van der Waals surface area contributed by atoms with Gasteiger partial charge in [-0.15, -0.1) is 0 Å². The highest BCUT2D eigenvalue weighted by Gasteiger charge is 2.45. The van der Waals surface area contributed by atoms with E-state index in [1.165, 1.54) is 19.3 Å². The van der Waals surface area contributed by atoms with Crippen LogP contribution in [-0.2, 0) is 0 Å². The van der Waals surface area contributed by atoms with Crippen molar-refractivity contribution in [1.82, 2.24) is 5.32 Å². The fourth-order valence-electron chi connectivity index (χ4n) is 2.69. The largest absolute Gasteiger partial charge is 0.316 e. The van der Waals surface area contributed by atoms with Gasteiger partial charge in [-0.2, -0.15) is 0 Å². The van der Waals surface area contributed by atoms with Crippen LogP contribution in [0.5, 0.6) is 0 Å². The summed E-state index contributed by atoms with van der Waals surface area (Å²) in [6.07, 6.45) is 3.87. The maximum absolute atomic E-state index is 8.28. The van der Waals surface area contributed by atoms with Crippen molar-refractivity contribution in [3.8, 4) is 0 Å². The van der Waals surface area contributed by atoms with Gasteiger partial charge in [-0.1, -0.05) is 11.5 Å². The van der Waals surface area contributed by atoms with Gasteiger partial charge in [0.25, 0.3) is 0 Å². The van der Waals surface area contributed by atoms with E-state index in [9.17, 15) is 0 Å². The molecule has 1 saturated heterocycles. The van der Waals surface area contributed by atoms with Crippen molar-refractivity contribution < 1.29 is 0 Å². The van der Waals surface area contributed by atoms with Gasteiger partial charge in [0, 0.05) is 18.0 Å². The van der Waals surface area contributed by atoms with E-state index in [1.54, 1.807) is 0 Å². The molecule has 2 fully saturated rings. The highest BCUT2D eigenvalue weighted by molar-refractivity contribution is 5.00. The maximum atomic E-state index is 8.28. The molecule has 0 spiro atoms. The summed E-state index contributed by atoms with van der Waals surface area (Å²) in [5, 5.41) is 7.12. The molecule has 4 heteroatoms. The van der Waals surface area contributed by atoms with E-state index in [1.807, 2.05) is 0 Å². The second kappa shape index (κ2) is 2.96. The lowest BCUT2D eigenvalue weighted by Crippen LogP contribution is -2.28. The summed E-state index contributed by atoms with van der Waals surface area (Å²) in [4.78, 5) is 2.85. The molecule has 2 rings (SSSR count). The lowest BCUT2D eigenvalue weighted by molar-refractivity contribution is 0.281. The molecule has 1 aliphatic carbocycles. The van der Waals surface area contributed by atoms with Crippen LogP contribution in [0.3, 0.4) is 0 Å². The van der Waals surface area contributed by atoms with E-state index in [-0.39, 0.29) is 0 Å². The van der Waals surface area contributed by atoms with E-state index >= 15 is 0 Å². The monoisotopic (exact) mass is 166 g/mol. The fraction of sp³-hybridized carbons (Fsp3) is 1.00. The van der Waals surface area contributed by atoms with Crippen LogP contribution in [0.15, 0.2) is 5.11 Å². The summed E-state index contributed by atoms with van der Waals surface area (Å²) in [6, 6.07) is 0. The number of hydrogen-bond donors (Lipinski definition) is 1. The number of nitrogens with zero attached hydrogens (tertiary/aromatic N) is 3. The maximum Gasteiger partial charge on any atom is 0.0329 e. The highest BCUT2D eigenvalue weighted by atomic mass is 15.1. The minimum Gasteiger partial charge on any atom is -0.316 e. The first-order valence-corrected chi connectivity index (χ1v) is 4.59. The molecule has 0 aromatic heterocycles. The van der Waals surface area contributed by atoms with Crippen molar-refractivity contribution in [3.05, 3.63) is 10.4 Å². The molecule has 2 aliphatic rings. The van der Waals surface area contributed by atoms with Crippen LogP contribution in [-0.4, -0.2) is 19.6 Å². The molecular formula is C8H14N4. The molecule has 0 amide bonds. The molecule has 0 aromatic rings. The summed E-state index contributed by atoms with van der Waals surface area (Å²) in [5.41, 5.74) is 8.61. The average Bonchev–Trinajstić information content (AvgIpc) is 2.58. The van der Waals surface area contributed by atoms with Crippen LogP contribution in [0.2, 0.25) is 0 Å². The summed E-state index contributed by atoms with van der Waals surface area (Å²) >= 11 is 0. The third kappa shape index (κ3) is 1.08. The Morgan fingerprint density at radius 3 is 3.42 bits per heavy atom. The van der Waals surface area contributed by atoms with Gasteiger partial charge >= 0.3 is 0 Å². The Balaban J connectivity index is 2.10. The molecule has 2 unspecified atom stereocenters. The van der Waals surface area contributed by atoms with Gasteiger partial charge in [0.05, 0.1) is 0 Å². The number of fused-ring (bicyclic) bond motifs is 1. The van der Waals surface area contributed by atoms with Crippen LogP contribution in [0.1, 0.15) is 19.3 Å². The predicted molar refractivity (Wildman–Crippen MR) is 46.7 cm³/mol. The van der Waals surface area contributed by atoms with Gasteiger partial charge in [-0.25, -0.2) is 0 Å². The molecule has 1 aliphatic heterocycles. The van der Waals surface area contributed by atoms with Crippen LogP contribution < -0.4 is 5.32 Å². The summed E-state index contributed by atoms with van der Waals surface area (Å²) in [6.45, 7) is 2.87. The Kier molecular flexibility index (Phi) is 1.95. The van der Waals surface area contributed by atoms with E-state index in [2.05, 4.69) is 15.3 Å². The van der Waals surface area contributed by atoms with Crippen LogP contribution in [0.25, 0.3) is 10.4 Å². The smallest absolute Gasteiger partial charge is 0.0329 e. The van der Waals surface area contributed by atoms with Crippen LogP contribution in [0.4, 0.5) is 0 Å². The Bertz CT molecular complexity index is 209. The number of azide groups is 1. The van der Waals surface area contributed by atoms with Gasteiger partial charge in [0.2, 0.25) is 0 Å². The SMILES string of the molecule is [N-]=[N+]=NCC12CCCC1CNC2. The van der Waals surface area contributed by atoms with Gasteiger partial charge in [-0.05, 0) is 36.3 Å². The Morgan fingerprint density at radius 2 is 2.58 bits per heavy atom. The molecule has 0 aromatic carbocycles. The zero-order chi connectivity index (χ0) is 8.44. The van der Waals surface area contributed by atoms with Crippen molar-refractivity contribution in [2.24, 2.45) is 16.4 Å². The van der Waals surface area contributed by atoms with Crippen molar-refractivity contribution in [2.75, 3.05) is 19.6 Å². The Hall–Kier alpha value is -0.730. The summed E-state index contributed by atoms with van der Waals surface area (Å²) in [5.74, 6) is 0.767. The molecule has 4 nitrogen and oxygen atoms in total. The second-order valence-corrected chi connectivity index (χ2v) is 3.97. The standard InChI is InChI=1S/C8H14N4/c9-12-11-6-8-3-1-2-7(8)4-10-5-8/h7,10H,1-6H2. The number of rotatable bonds is 2. The minimum atomic E-state index is 0.326. The highest BCUT2D eigenvalue weighted by Crippen LogP contribution is 2.45. The molecule has 1 heterocycles. The van der Waals surface area contributed by atoms with Crippen LogP contribution in [0, 0.1) is 11.3 Å².